The summed E-state index contributed by atoms with van der Waals surface area (Å²) in [6, 6.07) is 4.10. The number of nitrogens with zero attached hydrogens (tertiary/aromatic N) is 1. The molecular weight excluding hydrogens is 222 g/mol. The zero-order chi connectivity index (χ0) is 12.0. The first kappa shape index (κ1) is 13.3. The van der Waals surface area contributed by atoms with Gasteiger partial charge in [0.2, 0.25) is 0 Å². The fourth-order valence-corrected chi connectivity index (χ4v) is 2.03. The summed E-state index contributed by atoms with van der Waals surface area (Å²) in [6.07, 6.45) is 4.02. The highest BCUT2D eigenvalue weighted by Crippen LogP contribution is 2.12. The van der Waals surface area contributed by atoms with E-state index >= 15 is 0 Å². The lowest BCUT2D eigenvalue weighted by atomic mass is 10.2. The summed E-state index contributed by atoms with van der Waals surface area (Å²) in [4.78, 5) is 12.7. The number of hydrogen-bond donors (Lipinski definition) is 0. The van der Waals surface area contributed by atoms with Crippen molar-refractivity contribution in [1.82, 2.24) is 4.90 Å². The van der Waals surface area contributed by atoms with Crippen molar-refractivity contribution in [2.75, 3.05) is 19.1 Å². The normalized spacial score (nSPS) is 13.0. The summed E-state index contributed by atoms with van der Waals surface area (Å²) in [5, 5.41) is 0. The highest BCUT2D eigenvalue weighted by atomic mass is 32.2. The van der Waals surface area contributed by atoms with Crippen molar-refractivity contribution in [3.63, 3.8) is 0 Å². The van der Waals surface area contributed by atoms with E-state index in [2.05, 4.69) is 25.1 Å². The molecule has 1 aromatic rings. The van der Waals surface area contributed by atoms with Crippen LogP contribution in [0.25, 0.3) is 0 Å². The van der Waals surface area contributed by atoms with Crippen LogP contribution in [0.15, 0.2) is 16.5 Å². The lowest BCUT2D eigenvalue weighted by Crippen LogP contribution is -2.28. The van der Waals surface area contributed by atoms with E-state index in [-0.39, 0.29) is 0 Å². The van der Waals surface area contributed by atoms with Gasteiger partial charge in [-0.25, -0.2) is 0 Å². The monoisotopic (exact) mass is 241 g/mol. The number of hydrogen-bond acceptors (Lipinski definition) is 4. The molecule has 0 saturated heterocycles. The topological polar surface area (TPSA) is 33.5 Å². The van der Waals surface area contributed by atoms with Crippen LogP contribution in [0.5, 0.6) is 0 Å². The summed E-state index contributed by atoms with van der Waals surface area (Å²) in [5.41, 5.74) is 0. The largest absolute Gasteiger partial charge is 0.457 e. The number of carbonyl (C=O) groups excluding carboxylic acids is 1. The first-order valence-electron chi connectivity index (χ1n) is 5.40. The van der Waals surface area contributed by atoms with Gasteiger partial charge in [-0.05, 0) is 44.5 Å². The highest BCUT2D eigenvalue weighted by molar-refractivity contribution is 7.98. The molecule has 1 unspecified atom stereocenters. The third-order valence-corrected chi connectivity index (χ3v) is 3.34. The summed E-state index contributed by atoms with van der Waals surface area (Å²) in [5.74, 6) is 2.42. The van der Waals surface area contributed by atoms with Crippen molar-refractivity contribution in [3.05, 3.63) is 23.7 Å². The molecule has 16 heavy (non-hydrogen) atoms. The maximum atomic E-state index is 10.5. The lowest BCUT2D eigenvalue weighted by Gasteiger charge is -2.23. The molecule has 1 heterocycles. The smallest absolute Gasteiger partial charge is 0.185 e. The minimum atomic E-state index is 0.403. The van der Waals surface area contributed by atoms with E-state index in [1.807, 2.05) is 17.8 Å². The third-order valence-electron chi connectivity index (χ3n) is 2.70. The predicted octanol–water partition coefficient (Wildman–Crippen LogP) is 2.67. The maximum absolute atomic E-state index is 10.5. The van der Waals surface area contributed by atoms with Crippen LogP contribution in [0.4, 0.5) is 0 Å². The number of rotatable bonds is 7. The van der Waals surface area contributed by atoms with Crippen LogP contribution in [0.2, 0.25) is 0 Å². The van der Waals surface area contributed by atoms with E-state index < -0.39 is 0 Å². The Morgan fingerprint density at radius 1 is 1.56 bits per heavy atom. The van der Waals surface area contributed by atoms with E-state index in [1.165, 1.54) is 12.2 Å². The first-order valence-corrected chi connectivity index (χ1v) is 6.79. The van der Waals surface area contributed by atoms with Crippen LogP contribution in [-0.4, -0.2) is 36.3 Å². The molecule has 3 nitrogen and oxygen atoms in total. The van der Waals surface area contributed by atoms with Crippen LogP contribution in [-0.2, 0) is 6.54 Å². The number of aldehydes is 1. The molecule has 0 amide bonds. The van der Waals surface area contributed by atoms with E-state index in [4.69, 9.17) is 4.42 Å². The average molecular weight is 241 g/mol. The Kier molecular flexibility index (Phi) is 5.63. The van der Waals surface area contributed by atoms with Gasteiger partial charge < -0.3 is 4.42 Å². The third kappa shape index (κ3) is 4.02. The van der Waals surface area contributed by atoms with Gasteiger partial charge in [-0.15, -0.1) is 0 Å². The number of carbonyl (C=O) groups is 1. The van der Waals surface area contributed by atoms with Gasteiger partial charge in [-0.2, -0.15) is 11.8 Å². The van der Waals surface area contributed by atoms with Crippen molar-refractivity contribution in [2.45, 2.75) is 25.9 Å². The van der Waals surface area contributed by atoms with Crippen LogP contribution in [0, 0.1) is 0 Å². The number of thioether (sulfide) groups is 1. The van der Waals surface area contributed by atoms with Crippen molar-refractivity contribution >= 4 is 18.0 Å². The quantitative estimate of drug-likeness (QED) is 0.687. The van der Waals surface area contributed by atoms with Crippen LogP contribution in [0.1, 0.15) is 29.7 Å². The van der Waals surface area contributed by atoms with Crippen LogP contribution < -0.4 is 0 Å². The summed E-state index contributed by atoms with van der Waals surface area (Å²) >= 11 is 1.86. The molecule has 1 rings (SSSR count). The van der Waals surface area contributed by atoms with Gasteiger partial charge in [-0.1, -0.05) is 0 Å². The highest BCUT2D eigenvalue weighted by Gasteiger charge is 2.11. The molecule has 0 N–H and O–H groups in total. The van der Waals surface area contributed by atoms with Crippen molar-refractivity contribution in [2.24, 2.45) is 0 Å². The minimum absolute atomic E-state index is 0.403. The predicted molar refractivity (Wildman–Crippen MR) is 68.0 cm³/mol. The Morgan fingerprint density at radius 3 is 2.88 bits per heavy atom. The Morgan fingerprint density at radius 2 is 2.31 bits per heavy atom. The standard InChI is InChI=1S/C12H19NO2S/c1-10(6-7-16-3)13(2)8-11-4-5-12(9-14)15-11/h4-5,9-10H,6-8H2,1-3H3. The Balaban J connectivity index is 2.43. The maximum Gasteiger partial charge on any atom is 0.185 e. The molecule has 0 radical (unpaired) electrons. The van der Waals surface area contributed by atoms with Gasteiger partial charge in [0.05, 0.1) is 6.54 Å². The van der Waals surface area contributed by atoms with Crippen molar-refractivity contribution in [1.29, 1.82) is 0 Å². The molecule has 0 aliphatic heterocycles. The van der Waals surface area contributed by atoms with E-state index in [9.17, 15) is 4.79 Å². The lowest BCUT2D eigenvalue weighted by molar-refractivity contribution is 0.109. The molecule has 4 heteroatoms. The van der Waals surface area contributed by atoms with Gasteiger partial charge in [0.25, 0.3) is 0 Å². The van der Waals surface area contributed by atoms with Gasteiger partial charge in [-0.3, -0.25) is 9.69 Å². The molecule has 0 aromatic carbocycles. The first-order chi connectivity index (χ1) is 7.67. The van der Waals surface area contributed by atoms with Crippen molar-refractivity contribution < 1.29 is 9.21 Å². The van der Waals surface area contributed by atoms with Crippen LogP contribution in [0.3, 0.4) is 0 Å². The molecule has 0 spiro atoms. The van der Waals surface area contributed by atoms with E-state index in [0.29, 0.717) is 11.8 Å². The second-order valence-corrected chi connectivity index (χ2v) is 4.95. The minimum Gasteiger partial charge on any atom is -0.457 e. The van der Waals surface area contributed by atoms with E-state index in [0.717, 1.165) is 18.6 Å². The van der Waals surface area contributed by atoms with Gasteiger partial charge in [0, 0.05) is 6.04 Å². The summed E-state index contributed by atoms with van der Waals surface area (Å²) in [6.45, 7) is 2.96. The zero-order valence-corrected chi connectivity index (χ0v) is 10.9. The van der Waals surface area contributed by atoms with Gasteiger partial charge >= 0.3 is 0 Å². The molecule has 0 fully saturated rings. The van der Waals surface area contributed by atoms with Crippen molar-refractivity contribution in [3.8, 4) is 0 Å². The molecule has 1 aromatic heterocycles. The zero-order valence-electron chi connectivity index (χ0n) is 10.1. The Hall–Kier alpha value is -0.740. The number of furan rings is 1. The Labute approximate surface area is 101 Å². The van der Waals surface area contributed by atoms with Gasteiger partial charge in [0.15, 0.2) is 12.0 Å². The second-order valence-electron chi connectivity index (χ2n) is 3.97. The molecule has 0 saturated carbocycles. The molecule has 90 valence electrons. The Bertz CT molecular complexity index is 325. The molecule has 0 bridgehead atoms. The van der Waals surface area contributed by atoms with E-state index in [1.54, 1.807) is 6.07 Å². The summed E-state index contributed by atoms with van der Waals surface area (Å²) < 4.78 is 5.34. The van der Waals surface area contributed by atoms with Gasteiger partial charge in [0.1, 0.15) is 5.76 Å². The molecule has 1 atom stereocenters. The van der Waals surface area contributed by atoms with Crippen LogP contribution >= 0.6 is 11.8 Å². The second kappa shape index (κ2) is 6.76. The summed E-state index contributed by atoms with van der Waals surface area (Å²) in [7, 11) is 2.08. The molecule has 0 aliphatic rings. The molecular formula is C12H19NO2S. The fourth-order valence-electron chi connectivity index (χ4n) is 1.45. The fraction of sp³-hybridized carbons (Fsp3) is 0.583. The average Bonchev–Trinajstić information content (AvgIpc) is 2.73. The molecule has 0 aliphatic carbocycles. The SMILES string of the molecule is CSCCC(C)N(C)Cc1ccc(C=O)o1.